The van der Waals surface area contributed by atoms with Crippen LogP contribution < -0.4 is 4.72 Å². The van der Waals surface area contributed by atoms with E-state index in [0.29, 0.717) is 22.3 Å². The van der Waals surface area contributed by atoms with Gasteiger partial charge in [0.2, 0.25) is 0 Å². The van der Waals surface area contributed by atoms with Crippen LogP contribution in [0.3, 0.4) is 0 Å². The fourth-order valence-electron chi connectivity index (χ4n) is 3.07. The zero-order valence-electron chi connectivity index (χ0n) is 16.9. The molecule has 2 rings (SSSR count). The zero-order valence-corrected chi connectivity index (χ0v) is 18.5. The fourth-order valence-corrected chi connectivity index (χ4v) is 4.12. The van der Waals surface area contributed by atoms with E-state index in [4.69, 9.17) is 11.6 Å². The molecule has 0 aliphatic rings. The molecule has 0 aromatic heterocycles. The third-order valence-electron chi connectivity index (χ3n) is 4.40. The number of hydrogen-bond donors (Lipinski definition) is 2. The monoisotopic (exact) mass is 443 g/mol. The van der Waals surface area contributed by atoms with Crippen LogP contribution >= 0.6 is 11.6 Å². The van der Waals surface area contributed by atoms with Crippen molar-refractivity contribution >= 4 is 28.9 Å². The van der Waals surface area contributed by atoms with Crippen LogP contribution in [0.5, 0.6) is 0 Å². The zero-order chi connectivity index (χ0) is 22.1. The highest BCUT2D eigenvalue weighted by Crippen LogP contribution is 2.36. The lowest BCUT2D eigenvalue weighted by atomic mass is 9.92. The van der Waals surface area contributed by atoms with Crippen LogP contribution in [0.4, 0.5) is 8.78 Å². The van der Waals surface area contributed by atoms with Gasteiger partial charge in [0.1, 0.15) is 16.4 Å². The second kappa shape index (κ2) is 9.00. The summed E-state index contributed by atoms with van der Waals surface area (Å²) >= 11 is 4.48. The minimum Gasteiger partial charge on any atom is -0.598 e. The lowest BCUT2D eigenvalue weighted by Gasteiger charge is -2.28. The van der Waals surface area contributed by atoms with Crippen molar-refractivity contribution in [3.63, 3.8) is 0 Å². The van der Waals surface area contributed by atoms with Crippen LogP contribution in [0.2, 0.25) is 5.02 Å². The maximum absolute atomic E-state index is 14.9. The Bertz CT molecular complexity index is 908. The van der Waals surface area contributed by atoms with Crippen LogP contribution in [-0.2, 0) is 16.2 Å². The minimum atomic E-state index is -1.63. The molecule has 0 aliphatic heterocycles. The number of hydrogen-bond acceptors (Lipinski definition) is 3. The third-order valence-corrected chi connectivity index (χ3v) is 6.29. The van der Waals surface area contributed by atoms with E-state index in [2.05, 4.69) is 4.72 Å². The van der Waals surface area contributed by atoms with Crippen molar-refractivity contribution in [3.8, 4) is 11.1 Å². The van der Waals surface area contributed by atoms with Gasteiger partial charge in [-0.15, -0.1) is 4.72 Å². The SMILES string of the molecule is Cc1cc(F)cc(C)c1-c1cc(Cl)c(F)c(C(CC(=O)O)N[S+]([O-])C(C)(C)C)c1. The number of aliphatic carboxylic acids is 1. The first-order chi connectivity index (χ1) is 13.3. The predicted octanol–water partition coefficient (Wildman–Crippen LogP) is 5.47. The fraction of sp³-hybridized carbons (Fsp3) is 0.381. The van der Waals surface area contributed by atoms with E-state index in [-0.39, 0.29) is 16.4 Å². The number of rotatable bonds is 6. The van der Waals surface area contributed by atoms with Crippen LogP contribution in [0.1, 0.15) is 49.9 Å². The molecule has 2 aromatic carbocycles. The Labute approximate surface area is 177 Å². The number of nitrogens with one attached hydrogen (secondary N) is 1. The van der Waals surface area contributed by atoms with Crippen LogP contribution in [0.25, 0.3) is 11.1 Å². The van der Waals surface area contributed by atoms with Gasteiger partial charge < -0.3 is 9.66 Å². The lowest BCUT2D eigenvalue weighted by molar-refractivity contribution is -0.137. The molecule has 0 amide bonds. The van der Waals surface area contributed by atoms with E-state index in [9.17, 15) is 23.2 Å². The molecule has 0 radical (unpaired) electrons. The Morgan fingerprint density at radius 1 is 1.21 bits per heavy atom. The van der Waals surface area contributed by atoms with Gasteiger partial charge in [-0.3, -0.25) is 4.79 Å². The van der Waals surface area contributed by atoms with Crippen LogP contribution in [-0.4, -0.2) is 20.4 Å². The summed E-state index contributed by atoms with van der Waals surface area (Å²) in [5.74, 6) is -2.34. The van der Waals surface area contributed by atoms with E-state index >= 15 is 0 Å². The smallest absolute Gasteiger partial charge is 0.305 e. The van der Waals surface area contributed by atoms with Crippen molar-refractivity contribution in [3.05, 3.63) is 57.6 Å². The van der Waals surface area contributed by atoms with Gasteiger partial charge in [0.15, 0.2) is 0 Å². The Kier molecular flexibility index (Phi) is 7.32. The molecular formula is C21H24ClF2NO3S. The Hall–Kier alpha value is -1.67. The maximum Gasteiger partial charge on any atom is 0.305 e. The molecule has 0 fully saturated rings. The van der Waals surface area contributed by atoms with Gasteiger partial charge in [-0.1, -0.05) is 11.6 Å². The summed E-state index contributed by atoms with van der Waals surface area (Å²) in [6.45, 7) is 8.62. The molecule has 4 nitrogen and oxygen atoms in total. The molecule has 0 spiro atoms. The summed E-state index contributed by atoms with van der Waals surface area (Å²) in [5, 5.41) is 9.10. The first-order valence-electron chi connectivity index (χ1n) is 8.97. The summed E-state index contributed by atoms with van der Waals surface area (Å²) in [7, 11) is 0. The molecular weight excluding hydrogens is 420 g/mol. The van der Waals surface area contributed by atoms with Crippen molar-refractivity contribution in [2.24, 2.45) is 0 Å². The van der Waals surface area contributed by atoms with Crippen molar-refractivity contribution in [1.29, 1.82) is 0 Å². The lowest BCUT2D eigenvalue weighted by Crippen LogP contribution is -2.42. The third kappa shape index (κ3) is 5.69. The van der Waals surface area contributed by atoms with E-state index in [0.717, 1.165) is 0 Å². The summed E-state index contributed by atoms with van der Waals surface area (Å²) < 4.78 is 43.1. The predicted molar refractivity (Wildman–Crippen MR) is 112 cm³/mol. The average Bonchev–Trinajstić information content (AvgIpc) is 2.54. The van der Waals surface area contributed by atoms with Crippen molar-refractivity contribution in [2.75, 3.05) is 0 Å². The highest BCUT2D eigenvalue weighted by atomic mass is 35.5. The molecule has 2 unspecified atom stereocenters. The first-order valence-corrected chi connectivity index (χ1v) is 10.5. The van der Waals surface area contributed by atoms with E-state index in [1.54, 1.807) is 34.6 Å². The molecule has 0 aliphatic carbocycles. The number of carboxylic acid groups (broad SMARTS) is 1. The Balaban J connectivity index is 2.62. The van der Waals surface area contributed by atoms with E-state index in [1.807, 2.05) is 0 Å². The largest absolute Gasteiger partial charge is 0.598 e. The van der Waals surface area contributed by atoms with Gasteiger partial charge >= 0.3 is 5.97 Å². The Morgan fingerprint density at radius 2 is 1.76 bits per heavy atom. The molecule has 0 saturated heterocycles. The summed E-state index contributed by atoms with van der Waals surface area (Å²) in [4.78, 5) is 11.4. The number of aryl methyl sites for hydroxylation is 2. The molecule has 2 atom stereocenters. The van der Waals surface area contributed by atoms with Gasteiger partial charge in [0.05, 0.1) is 17.5 Å². The van der Waals surface area contributed by atoms with Crippen molar-refractivity contribution in [1.82, 2.24) is 4.72 Å². The van der Waals surface area contributed by atoms with Crippen molar-refractivity contribution < 1.29 is 23.2 Å². The summed E-state index contributed by atoms with van der Waals surface area (Å²) in [5.41, 5.74) is 2.48. The molecule has 0 bridgehead atoms. The molecule has 0 saturated carbocycles. The quantitative estimate of drug-likeness (QED) is 0.580. The molecule has 29 heavy (non-hydrogen) atoms. The van der Waals surface area contributed by atoms with Gasteiger partial charge in [0, 0.05) is 16.9 Å². The highest BCUT2D eigenvalue weighted by Gasteiger charge is 2.32. The van der Waals surface area contributed by atoms with Gasteiger partial charge in [-0.2, -0.15) is 0 Å². The maximum atomic E-state index is 14.9. The number of benzene rings is 2. The standard InChI is InChI=1S/C21H24ClF2NO3S/c1-11-6-14(23)7-12(2)19(11)13-8-15(20(24)16(22)9-13)17(10-18(26)27)25-29(28)21(3,4)5/h6-9,17,25H,10H2,1-5H3,(H,26,27). The minimum absolute atomic E-state index is 0.00405. The van der Waals surface area contributed by atoms with Crippen LogP contribution in [0.15, 0.2) is 24.3 Å². The molecule has 8 heteroatoms. The van der Waals surface area contributed by atoms with E-state index in [1.165, 1.54) is 24.3 Å². The summed E-state index contributed by atoms with van der Waals surface area (Å²) in [6, 6.07) is 4.56. The average molecular weight is 444 g/mol. The number of halogens is 3. The Morgan fingerprint density at radius 3 is 2.24 bits per heavy atom. The number of carboxylic acids is 1. The van der Waals surface area contributed by atoms with Gasteiger partial charge in [-0.05, 0) is 81.1 Å². The first kappa shape index (κ1) is 23.6. The highest BCUT2D eigenvalue weighted by molar-refractivity contribution is 7.90. The topological polar surface area (TPSA) is 72.4 Å². The molecule has 158 valence electrons. The van der Waals surface area contributed by atoms with Crippen LogP contribution in [0, 0.1) is 25.5 Å². The molecule has 0 heterocycles. The normalized spacial score (nSPS) is 14.0. The van der Waals surface area contributed by atoms with Gasteiger partial charge in [0.25, 0.3) is 0 Å². The van der Waals surface area contributed by atoms with Crippen molar-refractivity contribution in [2.45, 2.75) is 51.8 Å². The molecule has 2 N–H and O–H groups in total. The molecule has 2 aromatic rings. The van der Waals surface area contributed by atoms with E-state index < -0.39 is 40.4 Å². The second-order valence-corrected chi connectivity index (χ2v) is 10.3. The summed E-state index contributed by atoms with van der Waals surface area (Å²) in [6.07, 6.45) is -0.486. The second-order valence-electron chi connectivity index (χ2n) is 7.93. The number of carbonyl (C=O) groups is 1. The van der Waals surface area contributed by atoms with Gasteiger partial charge in [-0.25, -0.2) is 8.78 Å².